The third kappa shape index (κ3) is 10.9. The van der Waals surface area contributed by atoms with Crippen molar-refractivity contribution >= 4 is 23.5 Å². The Bertz CT molecular complexity index is 260. The van der Waals surface area contributed by atoms with Crippen LogP contribution in [0.15, 0.2) is 0 Å². The molecule has 3 nitrogen and oxygen atoms in total. The fourth-order valence-electron chi connectivity index (χ4n) is 1.94. The van der Waals surface area contributed by atoms with E-state index in [-0.39, 0.29) is 41.2 Å². The van der Waals surface area contributed by atoms with Crippen LogP contribution in [0.4, 0.5) is 0 Å². The average Bonchev–Trinajstić information content (AvgIpc) is 2.31. The summed E-state index contributed by atoms with van der Waals surface area (Å²) in [7, 11) is 3.42. The molecule has 0 aliphatic rings. The maximum Gasteiger partial charge on any atom is 1.00 e. The molecule has 0 fully saturated rings. The van der Waals surface area contributed by atoms with Crippen LogP contribution in [-0.2, 0) is 9.59 Å². The third-order valence-electron chi connectivity index (χ3n) is 3.07. The number of carbonyl (C=O) groups excluding carboxylic acids is 2. The maximum atomic E-state index is 11.8. The molecule has 0 spiro atoms. The van der Waals surface area contributed by atoms with Crippen LogP contribution in [0, 0.1) is 5.92 Å². The Morgan fingerprint density at radius 1 is 1.05 bits per heavy atom. The van der Waals surface area contributed by atoms with Gasteiger partial charge in [0.05, 0.1) is 5.92 Å². The molecule has 0 N–H and O–H groups in total. The van der Waals surface area contributed by atoms with Crippen molar-refractivity contribution < 1.29 is 39.1 Å². The van der Waals surface area contributed by atoms with Crippen molar-refractivity contribution in [3.63, 3.8) is 0 Å². The van der Waals surface area contributed by atoms with Gasteiger partial charge in [0.25, 0.3) is 0 Å². The van der Waals surface area contributed by atoms with Crippen molar-refractivity contribution in [2.75, 3.05) is 26.1 Å². The standard InChI is InChI=1S/C14H27NO2S.Na/c1-12(16)13(14(17)15(2)3)10-8-6-5-7-9-11-18-4;/h13H,5-11H2,1-4H3;/q;+1. The molecule has 0 aliphatic carbocycles. The van der Waals surface area contributed by atoms with Gasteiger partial charge in [-0.3, -0.25) is 9.59 Å². The fourth-order valence-corrected chi connectivity index (χ4v) is 2.43. The monoisotopic (exact) mass is 296 g/mol. The molecule has 1 atom stereocenters. The van der Waals surface area contributed by atoms with E-state index in [1.54, 1.807) is 14.1 Å². The van der Waals surface area contributed by atoms with Crippen LogP contribution >= 0.6 is 11.8 Å². The molecular weight excluding hydrogens is 269 g/mol. The topological polar surface area (TPSA) is 37.4 Å². The predicted octanol–water partition coefficient (Wildman–Crippen LogP) is -0.0126. The van der Waals surface area contributed by atoms with E-state index in [0.717, 1.165) is 12.8 Å². The first-order chi connectivity index (χ1) is 8.50. The van der Waals surface area contributed by atoms with Crippen molar-refractivity contribution in [3.8, 4) is 0 Å². The molecule has 1 unspecified atom stereocenters. The van der Waals surface area contributed by atoms with Crippen LogP contribution in [0.5, 0.6) is 0 Å². The SMILES string of the molecule is CSCCCCCCCC(C(C)=O)C(=O)N(C)C.[Na+]. The maximum absolute atomic E-state index is 11.8. The van der Waals surface area contributed by atoms with Gasteiger partial charge in [-0.15, -0.1) is 0 Å². The van der Waals surface area contributed by atoms with Crippen molar-refractivity contribution in [3.05, 3.63) is 0 Å². The number of ketones is 1. The first kappa shape index (κ1) is 21.8. The molecule has 0 heterocycles. The minimum Gasteiger partial charge on any atom is -0.348 e. The fraction of sp³-hybridized carbons (Fsp3) is 0.857. The Balaban J connectivity index is 0. The van der Waals surface area contributed by atoms with Crippen molar-refractivity contribution in [2.24, 2.45) is 5.92 Å². The van der Waals surface area contributed by atoms with E-state index in [0.29, 0.717) is 6.42 Å². The Hall–Kier alpha value is 0.490. The second-order valence-electron chi connectivity index (χ2n) is 4.95. The number of amides is 1. The molecular formula is C14H27NNaO2S+. The molecule has 0 saturated carbocycles. The number of unbranched alkanes of at least 4 members (excludes halogenated alkanes) is 4. The summed E-state index contributed by atoms with van der Waals surface area (Å²) in [6, 6.07) is 0. The van der Waals surface area contributed by atoms with E-state index in [4.69, 9.17) is 0 Å². The van der Waals surface area contributed by atoms with E-state index >= 15 is 0 Å². The summed E-state index contributed by atoms with van der Waals surface area (Å²) in [6.07, 6.45) is 8.67. The molecule has 0 aliphatic heterocycles. The van der Waals surface area contributed by atoms with Crippen LogP contribution in [0.25, 0.3) is 0 Å². The van der Waals surface area contributed by atoms with E-state index in [2.05, 4.69) is 6.26 Å². The molecule has 0 aromatic heterocycles. The Kier molecular flexibility index (Phi) is 15.4. The van der Waals surface area contributed by atoms with Crippen LogP contribution in [0.3, 0.4) is 0 Å². The number of hydrogen-bond acceptors (Lipinski definition) is 3. The van der Waals surface area contributed by atoms with Gasteiger partial charge in [0.15, 0.2) is 0 Å². The van der Waals surface area contributed by atoms with E-state index in [1.165, 1.54) is 36.8 Å². The molecule has 0 aromatic rings. The molecule has 0 bridgehead atoms. The van der Waals surface area contributed by atoms with Crippen molar-refractivity contribution in [2.45, 2.75) is 45.4 Å². The molecule has 0 aromatic carbocycles. The van der Waals surface area contributed by atoms with Gasteiger partial charge in [-0.05, 0) is 31.8 Å². The molecule has 0 radical (unpaired) electrons. The third-order valence-corrected chi connectivity index (χ3v) is 3.77. The number of thioether (sulfide) groups is 1. The minimum atomic E-state index is -0.425. The largest absolute Gasteiger partial charge is 1.00 e. The summed E-state index contributed by atoms with van der Waals surface area (Å²) in [4.78, 5) is 24.8. The summed E-state index contributed by atoms with van der Waals surface area (Å²) in [6.45, 7) is 1.52. The van der Waals surface area contributed by atoms with Crippen LogP contribution in [0.1, 0.15) is 45.4 Å². The van der Waals surface area contributed by atoms with Gasteiger partial charge in [-0.2, -0.15) is 11.8 Å². The molecule has 0 rings (SSSR count). The first-order valence-corrected chi connectivity index (χ1v) is 8.10. The number of Topliss-reactive ketones (excluding diaryl/α,β-unsaturated/α-hetero) is 1. The summed E-state index contributed by atoms with van der Waals surface area (Å²) in [5.74, 6) is 0.752. The molecule has 0 saturated heterocycles. The van der Waals surface area contributed by atoms with Gasteiger partial charge < -0.3 is 4.90 Å². The quantitative estimate of drug-likeness (QED) is 0.323. The number of rotatable bonds is 10. The van der Waals surface area contributed by atoms with Gasteiger partial charge in [0.1, 0.15) is 5.78 Å². The Morgan fingerprint density at radius 2 is 1.58 bits per heavy atom. The Labute approximate surface area is 144 Å². The molecule has 5 heteroatoms. The van der Waals surface area contributed by atoms with Gasteiger partial charge >= 0.3 is 29.6 Å². The van der Waals surface area contributed by atoms with Crippen LogP contribution in [-0.4, -0.2) is 42.7 Å². The second kappa shape index (κ2) is 13.5. The number of hydrogen-bond donors (Lipinski definition) is 0. The number of carbonyl (C=O) groups is 2. The van der Waals surface area contributed by atoms with Gasteiger partial charge in [0.2, 0.25) is 5.91 Å². The predicted molar refractivity (Wildman–Crippen MR) is 78.9 cm³/mol. The van der Waals surface area contributed by atoms with E-state index in [1.807, 2.05) is 11.8 Å². The molecule has 19 heavy (non-hydrogen) atoms. The summed E-state index contributed by atoms with van der Waals surface area (Å²) in [5.41, 5.74) is 0. The first-order valence-electron chi connectivity index (χ1n) is 6.71. The van der Waals surface area contributed by atoms with Gasteiger partial charge in [-0.1, -0.05) is 25.7 Å². The smallest absolute Gasteiger partial charge is 0.348 e. The Morgan fingerprint density at radius 3 is 2.05 bits per heavy atom. The van der Waals surface area contributed by atoms with Crippen molar-refractivity contribution in [1.82, 2.24) is 4.90 Å². The molecule has 106 valence electrons. The van der Waals surface area contributed by atoms with Gasteiger partial charge in [0, 0.05) is 14.1 Å². The zero-order valence-electron chi connectivity index (χ0n) is 13.2. The summed E-state index contributed by atoms with van der Waals surface area (Å²) >= 11 is 1.89. The summed E-state index contributed by atoms with van der Waals surface area (Å²) < 4.78 is 0. The normalized spacial score (nSPS) is 11.6. The zero-order valence-corrected chi connectivity index (χ0v) is 16.0. The van der Waals surface area contributed by atoms with Crippen LogP contribution in [0.2, 0.25) is 0 Å². The van der Waals surface area contributed by atoms with Crippen molar-refractivity contribution in [1.29, 1.82) is 0 Å². The van der Waals surface area contributed by atoms with E-state index < -0.39 is 5.92 Å². The second-order valence-corrected chi connectivity index (χ2v) is 5.93. The van der Waals surface area contributed by atoms with E-state index in [9.17, 15) is 9.59 Å². The van der Waals surface area contributed by atoms with Gasteiger partial charge in [-0.25, -0.2) is 0 Å². The number of nitrogens with zero attached hydrogens (tertiary/aromatic N) is 1. The minimum absolute atomic E-state index is 0. The zero-order chi connectivity index (χ0) is 14.0. The summed E-state index contributed by atoms with van der Waals surface area (Å²) in [5, 5.41) is 0. The molecule has 1 amide bonds. The average molecular weight is 296 g/mol. The van der Waals surface area contributed by atoms with Crippen LogP contribution < -0.4 is 29.6 Å².